The van der Waals surface area contributed by atoms with Crippen molar-refractivity contribution in [2.45, 2.75) is 77.8 Å². The lowest BCUT2D eigenvalue weighted by molar-refractivity contribution is -0.171. The van der Waals surface area contributed by atoms with Crippen molar-refractivity contribution in [2.24, 2.45) is 0 Å². The molecular formula is C28H40F3N3O6. The summed E-state index contributed by atoms with van der Waals surface area (Å²) in [6.07, 6.45) is -4.15. The average Bonchev–Trinajstić information content (AvgIpc) is 3.30. The lowest BCUT2D eigenvalue weighted by atomic mass is 10.0. The second kappa shape index (κ2) is 13.2. The second-order valence-corrected chi connectivity index (χ2v) is 11.1. The molecule has 1 aromatic carbocycles. The lowest BCUT2D eigenvalue weighted by Crippen LogP contribution is -2.50. The first kappa shape index (κ1) is 31.7. The van der Waals surface area contributed by atoms with E-state index in [0.29, 0.717) is 36.8 Å². The van der Waals surface area contributed by atoms with Gasteiger partial charge in [0, 0.05) is 64.6 Å². The summed E-state index contributed by atoms with van der Waals surface area (Å²) < 4.78 is 57.8. The van der Waals surface area contributed by atoms with Crippen molar-refractivity contribution in [1.29, 1.82) is 0 Å². The zero-order valence-corrected chi connectivity index (χ0v) is 23.9. The van der Waals surface area contributed by atoms with Crippen LogP contribution in [0.15, 0.2) is 18.2 Å². The van der Waals surface area contributed by atoms with Crippen LogP contribution in [0.2, 0.25) is 0 Å². The van der Waals surface area contributed by atoms with Gasteiger partial charge in [0.05, 0.1) is 11.3 Å². The maximum Gasteiger partial charge on any atom is 0.471 e. The molecule has 1 aromatic rings. The van der Waals surface area contributed by atoms with E-state index < -0.39 is 29.7 Å². The summed E-state index contributed by atoms with van der Waals surface area (Å²) in [6.45, 7) is 11.8. The predicted molar refractivity (Wildman–Crippen MR) is 143 cm³/mol. The van der Waals surface area contributed by atoms with Gasteiger partial charge in [-0.2, -0.15) is 13.2 Å². The van der Waals surface area contributed by atoms with Crippen molar-refractivity contribution in [3.8, 4) is 0 Å². The number of halogens is 3. The van der Waals surface area contributed by atoms with Crippen LogP contribution in [0.1, 0.15) is 64.2 Å². The molecule has 40 heavy (non-hydrogen) atoms. The topological polar surface area (TPSA) is 88.6 Å². The molecule has 1 atom stereocenters. The third-order valence-electron chi connectivity index (χ3n) is 6.87. The van der Waals surface area contributed by atoms with Gasteiger partial charge in [0.15, 0.2) is 0 Å². The number of rotatable bonds is 9. The molecule has 2 aliphatic heterocycles. The van der Waals surface area contributed by atoms with Gasteiger partial charge in [-0.1, -0.05) is 0 Å². The molecule has 0 aliphatic carbocycles. The zero-order valence-electron chi connectivity index (χ0n) is 23.9. The van der Waals surface area contributed by atoms with Gasteiger partial charge in [-0.25, -0.2) is 4.79 Å². The molecule has 2 heterocycles. The molecule has 2 aliphatic rings. The molecule has 0 radical (unpaired) electrons. The largest absolute Gasteiger partial charge is 0.471 e. The molecule has 1 amide bonds. The number of amides is 1. The molecule has 0 spiro atoms. The molecule has 2 saturated heterocycles. The third kappa shape index (κ3) is 8.57. The maximum absolute atomic E-state index is 13.9. The normalized spacial score (nSPS) is 18.9. The van der Waals surface area contributed by atoms with Gasteiger partial charge in [0.25, 0.3) is 0 Å². The summed E-state index contributed by atoms with van der Waals surface area (Å²) in [7, 11) is 0. The summed E-state index contributed by atoms with van der Waals surface area (Å²) in [5.41, 5.74) is -0.551. The van der Waals surface area contributed by atoms with Crippen molar-refractivity contribution in [2.75, 3.05) is 55.7 Å². The number of carbonyl (C=O) groups excluding carboxylic acids is 3. The van der Waals surface area contributed by atoms with E-state index in [-0.39, 0.29) is 49.4 Å². The van der Waals surface area contributed by atoms with E-state index >= 15 is 0 Å². The standard InChI is InChI=1S/C28H40F3N3O6/c1-6-33(14-13-32-12-9-22(18-32)39-19(2)35)21-7-8-23(25(36)40-27(3,4)5)24(17-21)34(26(37)28(29,30)31)20-10-15-38-16-11-20/h7-8,17,20,22H,6,9-16,18H2,1-5H3/t22-/m1/s1. The molecule has 0 bridgehead atoms. The smallest absolute Gasteiger partial charge is 0.461 e. The molecule has 0 N–H and O–H groups in total. The quantitative estimate of drug-likeness (QED) is 0.408. The Morgan fingerprint density at radius 2 is 1.77 bits per heavy atom. The van der Waals surface area contributed by atoms with Crippen molar-refractivity contribution < 1.29 is 41.8 Å². The van der Waals surface area contributed by atoms with Crippen molar-refractivity contribution in [3.63, 3.8) is 0 Å². The minimum atomic E-state index is -5.14. The molecule has 224 valence electrons. The number of anilines is 2. The number of alkyl halides is 3. The molecule has 12 heteroatoms. The molecule has 2 fully saturated rings. The van der Waals surface area contributed by atoms with E-state index in [1.165, 1.54) is 19.1 Å². The van der Waals surface area contributed by atoms with Crippen molar-refractivity contribution in [3.05, 3.63) is 23.8 Å². The minimum Gasteiger partial charge on any atom is -0.461 e. The first-order chi connectivity index (χ1) is 18.7. The fourth-order valence-electron chi connectivity index (χ4n) is 5.04. The fraction of sp³-hybridized carbons (Fsp3) is 0.679. The summed E-state index contributed by atoms with van der Waals surface area (Å²) in [5.74, 6) is -3.15. The number of benzene rings is 1. The number of likely N-dealkylation sites (N-methyl/N-ethyl adjacent to an activating group) is 1. The first-order valence-electron chi connectivity index (χ1n) is 13.7. The Bertz CT molecular complexity index is 1050. The summed E-state index contributed by atoms with van der Waals surface area (Å²) in [6, 6.07) is 3.78. The molecule has 9 nitrogen and oxygen atoms in total. The van der Waals surface area contributed by atoms with Gasteiger partial charge in [0.2, 0.25) is 0 Å². The Morgan fingerprint density at radius 1 is 1.10 bits per heavy atom. The van der Waals surface area contributed by atoms with Crippen molar-refractivity contribution in [1.82, 2.24) is 4.90 Å². The van der Waals surface area contributed by atoms with E-state index in [1.807, 2.05) is 11.8 Å². The van der Waals surface area contributed by atoms with Gasteiger partial charge in [-0.3, -0.25) is 14.5 Å². The van der Waals surface area contributed by atoms with Crippen LogP contribution in [0.5, 0.6) is 0 Å². The Hall–Kier alpha value is -2.86. The van der Waals surface area contributed by atoms with Gasteiger partial charge in [0.1, 0.15) is 11.7 Å². The van der Waals surface area contributed by atoms with Crippen LogP contribution in [0, 0.1) is 0 Å². The van der Waals surface area contributed by atoms with E-state index in [9.17, 15) is 27.6 Å². The number of nitrogens with zero attached hydrogens (tertiary/aromatic N) is 3. The van der Waals surface area contributed by atoms with Gasteiger partial charge in [-0.15, -0.1) is 0 Å². The Morgan fingerprint density at radius 3 is 2.35 bits per heavy atom. The highest BCUT2D eigenvalue weighted by atomic mass is 19.4. The van der Waals surface area contributed by atoms with Crippen LogP contribution in [-0.2, 0) is 23.8 Å². The van der Waals surface area contributed by atoms with Crippen LogP contribution in [0.4, 0.5) is 24.5 Å². The van der Waals surface area contributed by atoms with Crippen LogP contribution in [0.25, 0.3) is 0 Å². The summed E-state index contributed by atoms with van der Waals surface area (Å²) in [4.78, 5) is 42.1. The highest BCUT2D eigenvalue weighted by Crippen LogP contribution is 2.35. The summed E-state index contributed by atoms with van der Waals surface area (Å²) >= 11 is 0. The first-order valence-corrected chi connectivity index (χ1v) is 13.7. The second-order valence-electron chi connectivity index (χ2n) is 11.1. The number of esters is 2. The van der Waals surface area contributed by atoms with Crippen LogP contribution >= 0.6 is 0 Å². The van der Waals surface area contributed by atoms with Crippen LogP contribution in [-0.4, -0.2) is 92.6 Å². The minimum absolute atomic E-state index is 0.109. The Kier molecular flexibility index (Phi) is 10.5. The van der Waals surface area contributed by atoms with Crippen molar-refractivity contribution >= 4 is 29.2 Å². The van der Waals surface area contributed by atoms with Crippen LogP contribution in [0.3, 0.4) is 0 Å². The zero-order chi connectivity index (χ0) is 29.7. The SMILES string of the molecule is CCN(CCN1CC[C@@H](OC(C)=O)C1)c1ccc(C(=O)OC(C)(C)C)c(N(C(=O)C(F)(F)F)C2CCOCC2)c1. The molecule has 0 aromatic heterocycles. The molecule has 0 saturated carbocycles. The van der Waals surface area contributed by atoms with E-state index in [2.05, 4.69) is 4.90 Å². The lowest BCUT2D eigenvalue weighted by Gasteiger charge is -2.36. The number of carbonyl (C=O) groups is 3. The summed E-state index contributed by atoms with van der Waals surface area (Å²) in [5, 5.41) is 0. The molecule has 3 rings (SSSR count). The Labute approximate surface area is 233 Å². The van der Waals surface area contributed by atoms with Gasteiger partial charge >= 0.3 is 24.0 Å². The monoisotopic (exact) mass is 571 g/mol. The highest BCUT2D eigenvalue weighted by Gasteiger charge is 2.46. The van der Waals surface area contributed by atoms with Gasteiger partial charge in [-0.05, 0) is 65.2 Å². The third-order valence-corrected chi connectivity index (χ3v) is 6.87. The fourth-order valence-corrected chi connectivity index (χ4v) is 5.04. The number of ether oxygens (including phenoxy) is 3. The van der Waals surface area contributed by atoms with E-state index in [4.69, 9.17) is 14.2 Å². The predicted octanol–water partition coefficient (Wildman–Crippen LogP) is 4.18. The van der Waals surface area contributed by atoms with E-state index in [0.717, 1.165) is 13.0 Å². The van der Waals surface area contributed by atoms with Crippen LogP contribution < -0.4 is 9.80 Å². The maximum atomic E-state index is 13.9. The number of hydrogen-bond donors (Lipinski definition) is 0. The number of hydrogen-bond acceptors (Lipinski definition) is 8. The van der Waals surface area contributed by atoms with Gasteiger partial charge < -0.3 is 24.0 Å². The molecular weight excluding hydrogens is 531 g/mol. The average molecular weight is 572 g/mol. The van der Waals surface area contributed by atoms with E-state index in [1.54, 1.807) is 26.8 Å². The number of likely N-dealkylation sites (tertiary alicyclic amines) is 1. The highest BCUT2D eigenvalue weighted by molar-refractivity contribution is 6.05. The molecule has 0 unspecified atom stereocenters. The Balaban J connectivity index is 1.96.